The van der Waals surface area contributed by atoms with Gasteiger partial charge in [0.05, 0.1) is 11.7 Å². The first-order valence-electron chi connectivity index (χ1n) is 8.61. The third kappa shape index (κ3) is 4.05. The van der Waals surface area contributed by atoms with E-state index in [4.69, 9.17) is 0 Å². The quantitative estimate of drug-likeness (QED) is 0.707. The number of carbonyl (C=O) groups excluding carboxylic acids is 1. The van der Waals surface area contributed by atoms with Crippen molar-refractivity contribution in [2.75, 3.05) is 0 Å². The second kappa shape index (κ2) is 8.24. The Morgan fingerprint density at radius 1 is 1.04 bits per heavy atom. The average Bonchev–Trinajstić information content (AvgIpc) is 3.03. The van der Waals surface area contributed by atoms with Crippen molar-refractivity contribution in [2.45, 2.75) is 32.4 Å². The number of para-hydroxylation sites is 1. The smallest absolute Gasteiger partial charge is 0.348 e. The number of nitrogens with one attached hydrogen (secondary N) is 1. The fourth-order valence-electron chi connectivity index (χ4n) is 2.78. The number of amides is 1. The van der Waals surface area contributed by atoms with Crippen LogP contribution in [0.5, 0.6) is 0 Å². The SMILES string of the molecule is CCCC(NC(=O)Cn1nnn(-c2ccccc2)c1=O)c1ccccc1. The van der Waals surface area contributed by atoms with Gasteiger partial charge < -0.3 is 5.32 Å². The fourth-order valence-corrected chi connectivity index (χ4v) is 2.78. The summed E-state index contributed by atoms with van der Waals surface area (Å²) in [6.07, 6.45) is 1.76. The third-order valence-electron chi connectivity index (χ3n) is 4.05. The van der Waals surface area contributed by atoms with Crippen molar-refractivity contribution in [2.24, 2.45) is 0 Å². The summed E-state index contributed by atoms with van der Waals surface area (Å²) in [5.41, 5.74) is 1.21. The number of tetrazole rings is 1. The number of hydrogen-bond donors (Lipinski definition) is 1. The summed E-state index contributed by atoms with van der Waals surface area (Å²) in [7, 11) is 0. The van der Waals surface area contributed by atoms with E-state index in [9.17, 15) is 9.59 Å². The molecule has 0 aliphatic heterocycles. The lowest BCUT2D eigenvalue weighted by molar-refractivity contribution is -0.122. The molecule has 0 spiro atoms. The van der Waals surface area contributed by atoms with E-state index in [1.54, 1.807) is 12.1 Å². The minimum atomic E-state index is -0.446. The van der Waals surface area contributed by atoms with Gasteiger partial charge in [-0.15, -0.1) is 0 Å². The Hall–Kier alpha value is -3.22. The normalized spacial score (nSPS) is 11.9. The predicted molar refractivity (Wildman–Crippen MR) is 97.9 cm³/mol. The van der Waals surface area contributed by atoms with E-state index < -0.39 is 5.69 Å². The summed E-state index contributed by atoms with van der Waals surface area (Å²) >= 11 is 0. The zero-order chi connectivity index (χ0) is 18.4. The molecule has 0 saturated carbocycles. The Morgan fingerprint density at radius 3 is 2.35 bits per heavy atom. The predicted octanol–water partition coefficient (Wildman–Crippen LogP) is 2.09. The van der Waals surface area contributed by atoms with Crippen LogP contribution < -0.4 is 11.0 Å². The molecule has 3 aromatic rings. The number of aromatic nitrogens is 4. The molecule has 2 aromatic carbocycles. The van der Waals surface area contributed by atoms with E-state index in [2.05, 4.69) is 22.7 Å². The van der Waals surface area contributed by atoms with Crippen LogP contribution in [0.25, 0.3) is 5.69 Å². The monoisotopic (exact) mass is 351 g/mol. The van der Waals surface area contributed by atoms with E-state index in [-0.39, 0.29) is 18.5 Å². The first-order valence-corrected chi connectivity index (χ1v) is 8.61. The van der Waals surface area contributed by atoms with Gasteiger partial charge in [-0.2, -0.15) is 9.36 Å². The highest BCUT2D eigenvalue weighted by Gasteiger charge is 2.16. The van der Waals surface area contributed by atoms with Crippen LogP contribution in [0.2, 0.25) is 0 Å². The zero-order valence-corrected chi connectivity index (χ0v) is 14.6. The Balaban J connectivity index is 1.72. The van der Waals surface area contributed by atoms with Gasteiger partial charge >= 0.3 is 5.69 Å². The summed E-state index contributed by atoms with van der Waals surface area (Å²) in [5.74, 6) is -0.269. The number of hydrogen-bond acceptors (Lipinski definition) is 4. The molecule has 0 radical (unpaired) electrons. The molecule has 1 amide bonds. The van der Waals surface area contributed by atoms with Crippen molar-refractivity contribution >= 4 is 5.91 Å². The maximum atomic E-state index is 12.4. The van der Waals surface area contributed by atoms with Crippen LogP contribution in [0.15, 0.2) is 65.5 Å². The van der Waals surface area contributed by atoms with Crippen LogP contribution in [0.3, 0.4) is 0 Å². The molecule has 1 heterocycles. The third-order valence-corrected chi connectivity index (χ3v) is 4.05. The van der Waals surface area contributed by atoms with Crippen molar-refractivity contribution < 1.29 is 4.79 Å². The van der Waals surface area contributed by atoms with Crippen LogP contribution >= 0.6 is 0 Å². The molecule has 7 heteroatoms. The number of carbonyl (C=O) groups is 1. The zero-order valence-electron chi connectivity index (χ0n) is 14.6. The maximum absolute atomic E-state index is 12.4. The molecule has 26 heavy (non-hydrogen) atoms. The van der Waals surface area contributed by atoms with Crippen LogP contribution in [0.1, 0.15) is 31.4 Å². The molecule has 7 nitrogen and oxygen atoms in total. The van der Waals surface area contributed by atoms with Gasteiger partial charge in [-0.25, -0.2) is 4.79 Å². The minimum Gasteiger partial charge on any atom is -0.348 e. The summed E-state index contributed by atoms with van der Waals surface area (Å²) < 4.78 is 2.24. The van der Waals surface area contributed by atoms with E-state index in [1.165, 1.54) is 4.68 Å². The summed E-state index contributed by atoms with van der Waals surface area (Å²) in [4.78, 5) is 24.8. The molecule has 0 aliphatic rings. The first kappa shape index (κ1) is 17.6. The highest BCUT2D eigenvalue weighted by atomic mass is 16.2. The highest BCUT2D eigenvalue weighted by molar-refractivity contribution is 5.76. The van der Waals surface area contributed by atoms with Gasteiger partial charge in [0.2, 0.25) is 5.91 Å². The van der Waals surface area contributed by atoms with E-state index in [0.717, 1.165) is 23.1 Å². The van der Waals surface area contributed by atoms with Crippen molar-refractivity contribution in [3.63, 3.8) is 0 Å². The summed E-state index contributed by atoms with van der Waals surface area (Å²) in [6.45, 7) is 1.90. The molecule has 134 valence electrons. The van der Waals surface area contributed by atoms with Gasteiger partial charge in [-0.3, -0.25) is 4.79 Å². The lowest BCUT2D eigenvalue weighted by Crippen LogP contribution is -2.35. The molecule has 0 aliphatic carbocycles. The molecule has 1 N–H and O–H groups in total. The Labute approximate surface area is 151 Å². The van der Waals surface area contributed by atoms with Crippen molar-refractivity contribution in [3.8, 4) is 5.69 Å². The standard InChI is InChI=1S/C19H21N5O2/c1-2-9-17(15-10-5-3-6-11-15)20-18(25)14-23-19(26)24(22-21-23)16-12-7-4-8-13-16/h3-8,10-13,17H,2,9,14H2,1H3,(H,20,25). The second-order valence-corrected chi connectivity index (χ2v) is 5.99. The van der Waals surface area contributed by atoms with Gasteiger partial charge in [-0.05, 0) is 34.5 Å². The van der Waals surface area contributed by atoms with Gasteiger partial charge in [0.25, 0.3) is 0 Å². The lowest BCUT2D eigenvalue weighted by Gasteiger charge is -2.18. The number of rotatable bonds is 7. The average molecular weight is 351 g/mol. The summed E-state index contributed by atoms with van der Waals surface area (Å²) in [5, 5.41) is 10.6. The van der Waals surface area contributed by atoms with Crippen LogP contribution in [-0.2, 0) is 11.3 Å². The van der Waals surface area contributed by atoms with Crippen LogP contribution in [-0.4, -0.2) is 25.7 Å². The van der Waals surface area contributed by atoms with Gasteiger partial charge in [0, 0.05) is 0 Å². The van der Waals surface area contributed by atoms with Crippen LogP contribution in [0, 0.1) is 0 Å². The Morgan fingerprint density at radius 2 is 1.69 bits per heavy atom. The number of benzene rings is 2. The van der Waals surface area contributed by atoms with E-state index >= 15 is 0 Å². The summed E-state index contributed by atoms with van der Waals surface area (Å²) in [6, 6.07) is 18.7. The van der Waals surface area contributed by atoms with Crippen molar-refractivity contribution in [1.82, 2.24) is 25.1 Å². The van der Waals surface area contributed by atoms with Gasteiger partial charge in [0.15, 0.2) is 0 Å². The molecular weight excluding hydrogens is 330 g/mol. The van der Waals surface area contributed by atoms with Gasteiger partial charge in [0.1, 0.15) is 6.54 Å². The minimum absolute atomic E-state index is 0.0893. The topological polar surface area (TPSA) is 81.8 Å². The van der Waals surface area contributed by atoms with Crippen LogP contribution in [0.4, 0.5) is 0 Å². The molecule has 0 bridgehead atoms. The van der Waals surface area contributed by atoms with E-state index in [1.807, 2.05) is 48.5 Å². The molecule has 1 aromatic heterocycles. The first-order chi connectivity index (χ1) is 12.7. The number of nitrogens with zero attached hydrogens (tertiary/aromatic N) is 4. The van der Waals surface area contributed by atoms with Crippen molar-refractivity contribution in [3.05, 3.63) is 76.7 Å². The highest BCUT2D eigenvalue weighted by Crippen LogP contribution is 2.17. The lowest BCUT2D eigenvalue weighted by atomic mass is 10.0. The Kier molecular flexibility index (Phi) is 5.58. The largest absolute Gasteiger partial charge is 0.368 e. The van der Waals surface area contributed by atoms with E-state index in [0.29, 0.717) is 5.69 Å². The second-order valence-electron chi connectivity index (χ2n) is 5.99. The fraction of sp³-hybridized carbons (Fsp3) is 0.263. The maximum Gasteiger partial charge on any atom is 0.368 e. The van der Waals surface area contributed by atoms with Gasteiger partial charge in [-0.1, -0.05) is 61.9 Å². The molecule has 1 unspecified atom stereocenters. The Bertz CT molecular complexity index is 902. The molecule has 1 atom stereocenters. The molecule has 0 fully saturated rings. The molecular formula is C19H21N5O2. The molecule has 0 saturated heterocycles. The van der Waals surface area contributed by atoms with Crippen molar-refractivity contribution in [1.29, 1.82) is 0 Å². The molecule has 3 rings (SSSR count).